The lowest BCUT2D eigenvalue weighted by molar-refractivity contribution is 0.101. The van der Waals surface area contributed by atoms with E-state index in [2.05, 4.69) is 15.4 Å². The maximum atomic E-state index is 13.4. The number of nitrogens with zero attached hydrogens (tertiary/aromatic N) is 3. The summed E-state index contributed by atoms with van der Waals surface area (Å²) in [5.41, 5.74) is 4.17. The van der Waals surface area contributed by atoms with Gasteiger partial charge >= 0.3 is 0 Å². The van der Waals surface area contributed by atoms with Gasteiger partial charge in [-0.2, -0.15) is 0 Å². The van der Waals surface area contributed by atoms with Crippen molar-refractivity contribution in [1.29, 1.82) is 0 Å². The Bertz CT molecular complexity index is 1150. The molecule has 0 spiro atoms. The average molecular weight is 421 g/mol. The highest BCUT2D eigenvalue weighted by Gasteiger charge is 2.19. The second-order valence-corrected chi connectivity index (χ2v) is 7.34. The minimum atomic E-state index is -0.436. The number of carbonyl (C=O) groups excluding carboxylic acids is 1. The van der Waals surface area contributed by atoms with Crippen molar-refractivity contribution in [3.63, 3.8) is 0 Å². The third kappa shape index (κ3) is 4.09. The Morgan fingerprint density at radius 1 is 0.967 bits per heavy atom. The summed E-state index contributed by atoms with van der Waals surface area (Å²) < 4.78 is 14.9. The first-order valence-electron chi connectivity index (χ1n) is 9.28. The van der Waals surface area contributed by atoms with Gasteiger partial charge in [-0.15, -0.1) is 5.10 Å². The van der Waals surface area contributed by atoms with Crippen LogP contribution in [0.25, 0.3) is 17.1 Å². The molecule has 30 heavy (non-hydrogen) atoms. The van der Waals surface area contributed by atoms with Gasteiger partial charge < -0.3 is 5.32 Å². The summed E-state index contributed by atoms with van der Waals surface area (Å²) >= 11 is 5.99. The summed E-state index contributed by atoms with van der Waals surface area (Å²) in [6.07, 6.45) is 0. The van der Waals surface area contributed by atoms with Crippen molar-refractivity contribution in [2.24, 2.45) is 0 Å². The monoisotopic (exact) mass is 420 g/mol. The van der Waals surface area contributed by atoms with Crippen LogP contribution in [0.1, 0.15) is 21.7 Å². The van der Waals surface area contributed by atoms with Gasteiger partial charge in [0.25, 0.3) is 5.91 Å². The molecule has 0 unspecified atom stereocenters. The summed E-state index contributed by atoms with van der Waals surface area (Å²) in [7, 11) is 0. The highest BCUT2D eigenvalue weighted by atomic mass is 35.5. The molecule has 0 fully saturated rings. The van der Waals surface area contributed by atoms with Crippen LogP contribution in [0.2, 0.25) is 5.02 Å². The van der Waals surface area contributed by atoms with Crippen molar-refractivity contribution in [3.05, 3.63) is 94.5 Å². The maximum Gasteiger partial charge on any atom is 0.295 e. The van der Waals surface area contributed by atoms with Gasteiger partial charge in [-0.3, -0.25) is 4.79 Å². The van der Waals surface area contributed by atoms with Crippen molar-refractivity contribution in [3.8, 4) is 17.1 Å². The minimum Gasteiger partial charge on any atom is -0.319 e. The molecule has 5 nitrogen and oxygen atoms in total. The predicted octanol–water partition coefficient (Wildman–Crippen LogP) is 5.60. The predicted molar refractivity (Wildman–Crippen MR) is 116 cm³/mol. The first-order valence-corrected chi connectivity index (χ1v) is 9.66. The molecule has 3 aromatic carbocycles. The van der Waals surface area contributed by atoms with E-state index in [9.17, 15) is 9.18 Å². The highest BCUT2D eigenvalue weighted by molar-refractivity contribution is 6.30. The summed E-state index contributed by atoms with van der Waals surface area (Å²) in [5, 5.41) is 7.80. The van der Waals surface area contributed by atoms with E-state index in [0.717, 1.165) is 16.7 Å². The number of carbonyl (C=O) groups is 1. The molecule has 4 rings (SSSR count). The summed E-state index contributed by atoms with van der Waals surface area (Å²) in [5.74, 6) is -0.347. The second kappa shape index (κ2) is 8.08. The smallest absolute Gasteiger partial charge is 0.295 e. The molecule has 1 N–H and O–H groups in total. The van der Waals surface area contributed by atoms with Gasteiger partial charge in [0.05, 0.1) is 5.69 Å². The molecular weight excluding hydrogens is 403 g/mol. The second-order valence-electron chi connectivity index (χ2n) is 6.91. The number of hydrogen-bond acceptors (Lipinski definition) is 3. The number of aromatic nitrogens is 3. The van der Waals surface area contributed by atoms with Crippen molar-refractivity contribution in [2.75, 3.05) is 5.32 Å². The molecular formula is C23H18ClFN4O. The number of amides is 1. The molecule has 1 amide bonds. The van der Waals surface area contributed by atoms with E-state index in [1.807, 2.05) is 32.0 Å². The van der Waals surface area contributed by atoms with Gasteiger partial charge in [0.15, 0.2) is 5.82 Å². The van der Waals surface area contributed by atoms with E-state index in [-0.39, 0.29) is 11.6 Å². The van der Waals surface area contributed by atoms with Gasteiger partial charge in [0.1, 0.15) is 5.82 Å². The van der Waals surface area contributed by atoms with Crippen LogP contribution in [-0.4, -0.2) is 20.7 Å². The zero-order chi connectivity index (χ0) is 21.3. The number of nitrogens with one attached hydrogen (secondary N) is 1. The van der Waals surface area contributed by atoms with Gasteiger partial charge in [0, 0.05) is 16.3 Å². The molecule has 0 aliphatic rings. The molecule has 0 atom stereocenters. The average Bonchev–Trinajstić information content (AvgIpc) is 3.17. The Balaban J connectivity index is 1.74. The van der Waals surface area contributed by atoms with Gasteiger partial charge in [-0.1, -0.05) is 17.7 Å². The highest BCUT2D eigenvalue weighted by Crippen LogP contribution is 2.24. The lowest BCUT2D eigenvalue weighted by atomic mass is 10.1. The Hall–Kier alpha value is -3.51. The Labute approximate surface area is 178 Å². The molecule has 150 valence electrons. The fourth-order valence-electron chi connectivity index (χ4n) is 2.96. The number of halogens is 2. The topological polar surface area (TPSA) is 59.8 Å². The van der Waals surface area contributed by atoms with Crippen LogP contribution >= 0.6 is 11.6 Å². The Kier molecular flexibility index (Phi) is 5.33. The Morgan fingerprint density at radius 3 is 2.33 bits per heavy atom. The van der Waals surface area contributed by atoms with Gasteiger partial charge in [-0.05, 0) is 85.6 Å². The van der Waals surface area contributed by atoms with E-state index in [1.54, 1.807) is 36.4 Å². The first-order chi connectivity index (χ1) is 14.4. The van der Waals surface area contributed by atoms with E-state index >= 15 is 0 Å². The third-order valence-corrected chi connectivity index (χ3v) is 5.00. The van der Waals surface area contributed by atoms with Crippen LogP contribution in [0, 0.1) is 19.7 Å². The number of aryl methyl sites for hydroxylation is 2. The normalized spacial score (nSPS) is 10.8. The molecule has 0 saturated heterocycles. The molecule has 0 saturated carbocycles. The molecule has 0 bridgehead atoms. The quantitative estimate of drug-likeness (QED) is 0.467. The van der Waals surface area contributed by atoms with Crippen LogP contribution in [0.3, 0.4) is 0 Å². The van der Waals surface area contributed by atoms with E-state index in [4.69, 9.17) is 11.6 Å². The number of benzene rings is 3. The zero-order valence-electron chi connectivity index (χ0n) is 16.4. The Morgan fingerprint density at radius 2 is 1.67 bits per heavy atom. The summed E-state index contributed by atoms with van der Waals surface area (Å²) in [4.78, 5) is 17.3. The molecule has 0 radical (unpaired) electrons. The molecule has 4 aromatic rings. The zero-order valence-corrected chi connectivity index (χ0v) is 17.1. The molecule has 7 heteroatoms. The van der Waals surface area contributed by atoms with Crippen LogP contribution in [-0.2, 0) is 0 Å². The van der Waals surface area contributed by atoms with Crippen LogP contribution in [0.15, 0.2) is 66.7 Å². The molecule has 0 aliphatic carbocycles. The maximum absolute atomic E-state index is 13.4. The SMILES string of the molecule is Cc1ccc(NC(=O)c2nc(-c3ccc(Cl)cc3)n(-c3ccc(F)cc3)n2)cc1C. The number of hydrogen-bond donors (Lipinski definition) is 1. The van der Waals surface area contributed by atoms with E-state index in [1.165, 1.54) is 16.8 Å². The summed E-state index contributed by atoms with van der Waals surface area (Å²) in [6.45, 7) is 3.98. The van der Waals surface area contributed by atoms with Crippen molar-refractivity contribution in [2.45, 2.75) is 13.8 Å². The van der Waals surface area contributed by atoms with Crippen LogP contribution in [0.4, 0.5) is 10.1 Å². The van der Waals surface area contributed by atoms with Crippen molar-refractivity contribution >= 4 is 23.2 Å². The van der Waals surface area contributed by atoms with E-state index in [0.29, 0.717) is 22.2 Å². The summed E-state index contributed by atoms with van der Waals surface area (Å²) in [6, 6.07) is 18.5. The fraction of sp³-hybridized carbons (Fsp3) is 0.0870. The van der Waals surface area contributed by atoms with Gasteiger partial charge in [-0.25, -0.2) is 14.1 Å². The third-order valence-electron chi connectivity index (χ3n) is 4.75. The molecule has 0 aliphatic heterocycles. The first kappa shape index (κ1) is 19.8. The van der Waals surface area contributed by atoms with E-state index < -0.39 is 5.91 Å². The van der Waals surface area contributed by atoms with Crippen molar-refractivity contribution in [1.82, 2.24) is 14.8 Å². The largest absolute Gasteiger partial charge is 0.319 e. The van der Waals surface area contributed by atoms with Gasteiger partial charge in [0.2, 0.25) is 5.82 Å². The van der Waals surface area contributed by atoms with Crippen LogP contribution < -0.4 is 5.32 Å². The molecule has 1 aromatic heterocycles. The lowest BCUT2D eigenvalue weighted by Crippen LogP contribution is -2.14. The standard InChI is InChI=1S/C23H18ClFN4O/c1-14-3-10-19(13-15(14)2)26-23(30)21-27-22(16-4-6-17(24)7-5-16)29(28-21)20-11-8-18(25)9-12-20/h3-13H,1-2H3,(H,26,30). The van der Waals surface area contributed by atoms with Crippen molar-refractivity contribution < 1.29 is 9.18 Å². The lowest BCUT2D eigenvalue weighted by Gasteiger charge is -2.06. The fourth-order valence-corrected chi connectivity index (χ4v) is 3.09. The molecule has 1 heterocycles. The minimum absolute atomic E-state index is 0.00232. The number of anilines is 1. The number of rotatable bonds is 4. The van der Waals surface area contributed by atoms with Crippen LogP contribution in [0.5, 0.6) is 0 Å².